The van der Waals surface area contributed by atoms with Gasteiger partial charge in [-0.2, -0.15) is 4.99 Å². The standard InChI is InChI=1S/C14H22N2OS/c1-8(2)14(4)12(17)15-13(18-14)16-9(3)10-5-6-11(16)7-10/h8-11H,5-7H2,1-4H3/t9-,10-,11+,14?/m1/s1. The minimum Gasteiger partial charge on any atom is -0.345 e. The first kappa shape index (κ1) is 12.5. The molecule has 0 aromatic heterocycles. The number of carbonyl (C=O) groups is 1. The average molecular weight is 266 g/mol. The normalized spacial score (nSPS) is 43.2. The molecule has 2 heterocycles. The van der Waals surface area contributed by atoms with E-state index in [1.54, 1.807) is 11.8 Å². The van der Waals surface area contributed by atoms with E-state index in [1.165, 1.54) is 19.3 Å². The molecule has 0 spiro atoms. The zero-order chi connectivity index (χ0) is 13.1. The number of amides is 1. The topological polar surface area (TPSA) is 32.7 Å². The first-order chi connectivity index (χ1) is 8.43. The summed E-state index contributed by atoms with van der Waals surface area (Å²) >= 11 is 1.70. The Morgan fingerprint density at radius 3 is 2.67 bits per heavy atom. The van der Waals surface area contributed by atoms with Crippen LogP contribution in [0, 0.1) is 11.8 Å². The molecule has 0 radical (unpaired) electrons. The van der Waals surface area contributed by atoms with Crippen molar-refractivity contribution in [3.8, 4) is 0 Å². The minimum absolute atomic E-state index is 0.0625. The van der Waals surface area contributed by atoms with E-state index in [0.29, 0.717) is 18.0 Å². The van der Waals surface area contributed by atoms with Gasteiger partial charge in [0.2, 0.25) is 0 Å². The Morgan fingerprint density at radius 1 is 1.44 bits per heavy atom. The SMILES string of the molecule is CC(C)C1(C)SC(N2[C@H]3CC[C@H](C3)[C@H]2C)=NC1=O. The second-order valence-electron chi connectivity index (χ2n) is 6.44. The molecule has 1 unspecified atom stereocenters. The van der Waals surface area contributed by atoms with Gasteiger partial charge in [0.15, 0.2) is 5.17 Å². The summed E-state index contributed by atoms with van der Waals surface area (Å²) in [5, 5.41) is 0.996. The number of amidine groups is 1. The van der Waals surface area contributed by atoms with Crippen LogP contribution in [0.15, 0.2) is 4.99 Å². The van der Waals surface area contributed by atoms with Gasteiger partial charge in [0.1, 0.15) is 4.75 Å². The fraction of sp³-hybridized carbons (Fsp3) is 0.857. The van der Waals surface area contributed by atoms with E-state index in [4.69, 9.17) is 0 Å². The lowest BCUT2D eigenvalue weighted by molar-refractivity contribution is -0.120. The highest BCUT2D eigenvalue weighted by Gasteiger charge is 2.51. The van der Waals surface area contributed by atoms with Crippen LogP contribution in [0.25, 0.3) is 0 Å². The van der Waals surface area contributed by atoms with Crippen molar-refractivity contribution in [2.24, 2.45) is 16.8 Å². The molecule has 2 aliphatic heterocycles. The first-order valence-corrected chi connectivity index (χ1v) is 7.85. The van der Waals surface area contributed by atoms with Crippen molar-refractivity contribution >= 4 is 22.8 Å². The van der Waals surface area contributed by atoms with Crippen LogP contribution in [0.3, 0.4) is 0 Å². The van der Waals surface area contributed by atoms with Crippen molar-refractivity contribution in [1.29, 1.82) is 0 Å². The lowest BCUT2D eigenvalue weighted by Gasteiger charge is -2.35. The summed E-state index contributed by atoms with van der Waals surface area (Å²) in [4.78, 5) is 19.0. The van der Waals surface area contributed by atoms with Crippen LogP contribution in [0.2, 0.25) is 0 Å². The number of aliphatic imine (C=N–C) groups is 1. The first-order valence-electron chi connectivity index (χ1n) is 7.04. The Labute approximate surface area is 113 Å². The van der Waals surface area contributed by atoms with Crippen LogP contribution < -0.4 is 0 Å². The molecular formula is C14H22N2OS. The van der Waals surface area contributed by atoms with Crippen LogP contribution in [0.1, 0.15) is 47.0 Å². The Kier molecular flexibility index (Phi) is 2.78. The van der Waals surface area contributed by atoms with Crippen molar-refractivity contribution < 1.29 is 4.79 Å². The van der Waals surface area contributed by atoms with Gasteiger partial charge in [-0.25, -0.2) is 0 Å². The lowest BCUT2D eigenvalue weighted by atomic mass is 9.96. The number of hydrogen-bond donors (Lipinski definition) is 0. The Morgan fingerprint density at radius 2 is 2.17 bits per heavy atom. The van der Waals surface area contributed by atoms with Crippen molar-refractivity contribution in [3.63, 3.8) is 0 Å². The maximum atomic E-state index is 12.2. The zero-order valence-corrected chi connectivity index (χ0v) is 12.5. The predicted molar refractivity (Wildman–Crippen MR) is 75.7 cm³/mol. The van der Waals surface area contributed by atoms with Crippen molar-refractivity contribution in [2.45, 2.75) is 63.8 Å². The van der Waals surface area contributed by atoms with Gasteiger partial charge in [-0.05, 0) is 44.9 Å². The van der Waals surface area contributed by atoms with Crippen LogP contribution in [0.4, 0.5) is 0 Å². The van der Waals surface area contributed by atoms with Crippen LogP contribution in [-0.2, 0) is 4.79 Å². The van der Waals surface area contributed by atoms with E-state index in [9.17, 15) is 4.79 Å². The summed E-state index contributed by atoms with van der Waals surface area (Å²) in [6.07, 6.45) is 3.93. The van der Waals surface area contributed by atoms with Gasteiger partial charge in [0.25, 0.3) is 5.91 Å². The molecule has 1 saturated heterocycles. The van der Waals surface area contributed by atoms with E-state index in [-0.39, 0.29) is 10.7 Å². The van der Waals surface area contributed by atoms with Gasteiger partial charge in [-0.15, -0.1) is 0 Å². The molecule has 100 valence electrons. The van der Waals surface area contributed by atoms with E-state index in [0.717, 1.165) is 11.1 Å². The van der Waals surface area contributed by atoms with Crippen molar-refractivity contribution in [2.75, 3.05) is 0 Å². The van der Waals surface area contributed by atoms with Crippen LogP contribution in [0.5, 0.6) is 0 Å². The lowest BCUT2D eigenvalue weighted by Crippen LogP contribution is -2.42. The number of nitrogens with zero attached hydrogens (tertiary/aromatic N) is 2. The number of hydrogen-bond acceptors (Lipinski definition) is 3. The maximum absolute atomic E-state index is 12.2. The van der Waals surface area contributed by atoms with Gasteiger partial charge in [-0.1, -0.05) is 25.6 Å². The molecule has 3 aliphatic rings. The summed E-state index contributed by atoms with van der Waals surface area (Å²) in [5.74, 6) is 1.21. The Bertz CT molecular complexity index is 418. The van der Waals surface area contributed by atoms with E-state index < -0.39 is 0 Å². The molecule has 1 amide bonds. The van der Waals surface area contributed by atoms with Gasteiger partial charge < -0.3 is 4.90 Å². The summed E-state index contributed by atoms with van der Waals surface area (Å²) < 4.78 is -0.350. The van der Waals surface area contributed by atoms with Gasteiger partial charge >= 0.3 is 0 Å². The monoisotopic (exact) mass is 266 g/mol. The molecule has 0 aromatic rings. The molecule has 1 saturated carbocycles. The average Bonchev–Trinajstić information content (AvgIpc) is 2.94. The van der Waals surface area contributed by atoms with Crippen molar-refractivity contribution in [1.82, 2.24) is 4.90 Å². The van der Waals surface area contributed by atoms with E-state index in [2.05, 4.69) is 30.7 Å². The molecule has 2 bridgehead atoms. The number of carbonyl (C=O) groups excluding carboxylic acids is 1. The fourth-order valence-corrected chi connectivity index (χ4v) is 4.80. The molecular weight excluding hydrogens is 244 g/mol. The maximum Gasteiger partial charge on any atom is 0.264 e. The second kappa shape index (κ2) is 3.99. The molecule has 2 fully saturated rings. The number of fused-ring (bicyclic) bond motifs is 2. The summed E-state index contributed by atoms with van der Waals surface area (Å²) in [6.45, 7) is 8.56. The van der Waals surface area contributed by atoms with E-state index in [1.807, 2.05) is 6.92 Å². The highest BCUT2D eigenvalue weighted by molar-refractivity contribution is 8.16. The smallest absolute Gasteiger partial charge is 0.264 e. The predicted octanol–water partition coefficient (Wildman–Crippen LogP) is 2.90. The van der Waals surface area contributed by atoms with Crippen LogP contribution in [-0.4, -0.2) is 32.8 Å². The molecule has 0 aromatic carbocycles. The number of piperidine rings is 1. The van der Waals surface area contributed by atoms with Crippen molar-refractivity contribution in [3.05, 3.63) is 0 Å². The van der Waals surface area contributed by atoms with Gasteiger partial charge in [-0.3, -0.25) is 4.79 Å². The number of likely N-dealkylation sites (tertiary alicyclic amines) is 1. The number of rotatable bonds is 1. The summed E-state index contributed by atoms with van der Waals surface area (Å²) in [5.41, 5.74) is 0. The molecule has 0 N–H and O–H groups in total. The Balaban J connectivity index is 1.84. The molecule has 18 heavy (non-hydrogen) atoms. The molecule has 4 heteroatoms. The van der Waals surface area contributed by atoms with Gasteiger partial charge in [0, 0.05) is 12.1 Å². The highest BCUT2D eigenvalue weighted by Crippen LogP contribution is 2.48. The molecule has 1 aliphatic carbocycles. The highest BCUT2D eigenvalue weighted by atomic mass is 32.2. The number of thioether (sulfide) groups is 1. The minimum atomic E-state index is -0.350. The second-order valence-corrected chi connectivity index (χ2v) is 7.86. The third kappa shape index (κ3) is 1.57. The van der Waals surface area contributed by atoms with E-state index >= 15 is 0 Å². The largest absolute Gasteiger partial charge is 0.345 e. The molecule has 3 nitrogen and oxygen atoms in total. The zero-order valence-electron chi connectivity index (χ0n) is 11.6. The fourth-order valence-electron chi connectivity index (χ4n) is 3.50. The quantitative estimate of drug-likeness (QED) is 0.731. The summed E-state index contributed by atoms with van der Waals surface area (Å²) in [7, 11) is 0. The molecule has 3 rings (SSSR count). The molecule has 4 atom stereocenters. The third-order valence-electron chi connectivity index (χ3n) is 5.21. The van der Waals surface area contributed by atoms with Gasteiger partial charge in [0.05, 0.1) is 0 Å². The Hall–Kier alpha value is -0.510. The van der Waals surface area contributed by atoms with Crippen LogP contribution >= 0.6 is 11.8 Å². The summed E-state index contributed by atoms with van der Waals surface area (Å²) in [6, 6.07) is 1.20. The third-order valence-corrected chi connectivity index (χ3v) is 6.76.